The second kappa shape index (κ2) is 14.5. The minimum absolute atomic E-state index is 1.21. The van der Waals surface area contributed by atoms with Crippen molar-refractivity contribution in [2.45, 2.75) is 0 Å². The summed E-state index contributed by atoms with van der Waals surface area (Å²) < 4.78 is 0. The van der Waals surface area contributed by atoms with E-state index in [9.17, 15) is 0 Å². The topological polar surface area (TPSA) is 0 Å². The van der Waals surface area contributed by atoms with E-state index in [2.05, 4.69) is 243 Å². The molecule has 0 radical (unpaired) electrons. The Morgan fingerprint density at radius 3 is 1.12 bits per heavy atom. The van der Waals surface area contributed by atoms with Gasteiger partial charge in [-0.15, -0.1) is 0 Å². The smallest absolute Gasteiger partial charge is 0.000696 e. The van der Waals surface area contributed by atoms with Crippen LogP contribution in [0.5, 0.6) is 0 Å². The van der Waals surface area contributed by atoms with Gasteiger partial charge in [0, 0.05) is 0 Å². The molecular formula is C66H40. The van der Waals surface area contributed by atoms with E-state index in [0.717, 1.165) is 0 Å². The van der Waals surface area contributed by atoms with Crippen molar-refractivity contribution in [3.63, 3.8) is 0 Å². The summed E-state index contributed by atoms with van der Waals surface area (Å²) in [5.41, 5.74) is 14.9. The lowest BCUT2D eigenvalue weighted by molar-refractivity contribution is 1.60. The van der Waals surface area contributed by atoms with Crippen LogP contribution < -0.4 is 0 Å². The summed E-state index contributed by atoms with van der Waals surface area (Å²) in [6.45, 7) is 0. The first kappa shape index (κ1) is 36.9. The lowest BCUT2D eigenvalue weighted by atomic mass is 9.81. The third-order valence-electron chi connectivity index (χ3n) is 14.4. The molecule has 0 N–H and O–H groups in total. The van der Waals surface area contributed by atoms with Gasteiger partial charge in [-0.2, -0.15) is 0 Å². The Morgan fingerprint density at radius 2 is 0.530 bits per heavy atom. The molecule has 0 aliphatic rings. The highest BCUT2D eigenvalue weighted by molar-refractivity contribution is 6.45. The fourth-order valence-corrected chi connectivity index (χ4v) is 11.7. The van der Waals surface area contributed by atoms with E-state index >= 15 is 0 Å². The largest absolute Gasteiger partial charge is 0.0622 e. The predicted octanol–water partition coefficient (Wildman–Crippen LogP) is 18.6. The highest BCUT2D eigenvalue weighted by atomic mass is 14.3. The maximum absolute atomic E-state index is 2.56. The van der Waals surface area contributed by atoms with Gasteiger partial charge in [-0.1, -0.05) is 237 Å². The van der Waals surface area contributed by atoms with Crippen LogP contribution in [0, 0.1) is 0 Å². The summed E-state index contributed by atoms with van der Waals surface area (Å²) in [4.78, 5) is 0. The first-order valence-corrected chi connectivity index (χ1v) is 23.0. The predicted molar refractivity (Wildman–Crippen MR) is 284 cm³/mol. The molecule has 0 aliphatic heterocycles. The van der Waals surface area contributed by atoms with Crippen molar-refractivity contribution in [2.24, 2.45) is 0 Å². The molecule has 0 aromatic heterocycles. The fraction of sp³-hybridized carbons (Fsp3) is 0. The summed E-state index contributed by atoms with van der Waals surface area (Å²) in [5, 5.41) is 18.1. The molecule has 0 atom stereocenters. The molecule has 0 spiro atoms. The Bertz CT molecular complexity index is 4180. The highest BCUT2D eigenvalue weighted by Crippen LogP contribution is 2.57. The van der Waals surface area contributed by atoms with E-state index in [0.29, 0.717) is 0 Å². The van der Waals surface area contributed by atoms with Gasteiger partial charge in [-0.3, -0.25) is 0 Å². The first-order valence-electron chi connectivity index (χ1n) is 23.0. The van der Waals surface area contributed by atoms with Crippen LogP contribution >= 0.6 is 0 Å². The first-order chi connectivity index (χ1) is 32.8. The van der Waals surface area contributed by atoms with Crippen molar-refractivity contribution in [2.75, 3.05) is 0 Å². The number of hydrogen-bond acceptors (Lipinski definition) is 0. The highest BCUT2D eigenvalue weighted by Gasteiger charge is 2.29. The molecular weight excluding hydrogens is 793 g/mol. The molecule has 0 fully saturated rings. The molecule has 0 nitrogen and oxygen atoms in total. The van der Waals surface area contributed by atoms with E-state index in [1.807, 2.05) is 0 Å². The van der Waals surface area contributed by atoms with Crippen LogP contribution in [0.3, 0.4) is 0 Å². The second-order valence-electron chi connectivity index (χ2n) is 17.7. The van der Waals surface area contributed by atoms with Crippen LogP contribution in [0.25, 0.3) is 142 Å². The maximum atomic E-state index is 2.56. The van der Waals surface area contributed by atoms with Gasteiger partial charge in [0.15, 0.2) is 0 Å². The molecule has 66 heavy (non-hydrogen) atoms. The normalized spacial score (nSPS) is 11.9. The van der Waals surface area contributed by atoms with E-state index in [1.165, 1.54) is 142 Å². The molecule has 14 rings (SSSR count). The number of fused-ring (bicyclic) bond motifs is 8. The molecule has 0 bridgehead atoms. The monoisotopic (exact) mass is 832 g/mol. The minimum Gasteiger partial charge on any atom is -0.0622 e. The van der Waals surface area contributed by atoms with Crippen molar-refractivity contribution in [1.82, 2.24) is 0 Å². The molecule has 0 saturated carbocycles. The maximum Gasteiger partial charge on any atom is -0.000696 e. The van der Waals surface area contributed by atoms with Crippen molar-refractivity contribution in [1.29, 1.82) is 0 Å². The molecule has 0 unspecified atom stereocenters. The van der Waals surface area contributed by atoms with Gasteiger partial charge in [-0.05, 0) is 148 Å². The Labute approximate surface area is 383 Å². The summed E-state index contributed by atoms with van der Waals surface area (Å²) in [5.74, 6) is 0. The molecule has 0 aliphatic carbocycles. The van der Waals surface area contributed by atoms with Gasteiger partial charge < -0.3 is 0 Å². The zero-order valence-electron chi connectivity index (χ0n) is 36.1. The zero-order chi connectivity index (χ0) is 43.3. The van der Waals surface area contributed by atoms with Gasteiger partial charge in [0.05, 0.1) is 0 Å². The van der Waals surface area contributed by atoms with Gasteiger partial charge in [0.25, 0.3) is 0 Å². The minimum atomic E-state index is 1.21. The number of benzene rings is 12. The third kappa shape index (κ3) is 5.27. The quantitative estimate of drug-likeness (QED) is 0.146. The standard InChI is InChI=1S/C66H40/c1-4-20-41(21-5-1)44-26-10-13-29-47(44)50-38-39-57-60-54(50)35-19-37-56(60)66-64(52-33-17-12-28-46(52)43-24-8-3-9-25-43)63-55-36-18-34-53-48-30-14-15-31-49(48)58(61(53)55)40-59(63)62(65(57)66)51-32-16-11-27-45(51)42-22-6-2-7-23-42/h1-40H. The van der Waals surface area contributed by atoms with Gasteiger partial charge >= 0.3 is 0 Å². The van der Waals surface area contributed by atoms with Crippen LogP contribution in [-0.4, -0.2) is 0 Å². The molecule has 14 aromatic rings. The van der Waals surface area contributed by atoms with E-state index in [1.54, 1.807) is 0 Å². The average molecular weight is 833 g/mol. The lowest BCUT2D eigenvalue weighted by Crippen LogP contribution is -1.94. The Morgan fingerprint density at radius 1 is 0.152 bits per heavy atom. The SMILES string of the molecule is c1ccc(-c2ccccc2-c2ccc3c4c(-c5ccccc5-c5ccccc5)c5cc6c7ccccc7c7cccc(c5c(-c5ccccc5-c5ccccc5)c4c4cccc2c34)c76)cc1. The lowest BCUT2D eigenvalue weighted by Gasteiger charge is -2.22. The fourth-order valence-electron chi connectivity index (χ4n) is 11.7. The molecule has 0 heteroatoms. The van der Waals surface area contributed by atoms with Crippen LogP contribution in [-0.2, 0) is 0 Å². The number of rotatable bonds is 6. The molecule has 0 saturated heterocycles. The van der Waals surface area contributed by atoms with Gasteiger partial charge in [0.2, 0.25) is 0 Å². The molecule has 304 valence electrons. The van der Waals surface area contributed by atoms with E-state index < -0.39 is 0 Å². The summed E-state index contributed by atoms with van der Waals surface area (Å²) >= 11 is 0. The van der Waals surface area contributed by atoms with Crippen LogP contribution in [0.1, 0.15) is 0 Å². The van der Waals surface area contributed by atoms with Crippen molar-refractivity contribution >= 4 is 75.4 Å². The molecule has 0 amide bonds. The van der Waals surface area contributed by atoms with Crippen molar-refractivity contribution in [3.8, 4) is 66.8 Å². The Kier molecular flexibility index (Phi) is 8.08. The summed E-state index contributed by atoms with van der Waals surface area (Å²) in [6.07, 6.45) is 0. The van der Waals surface area contributed by atoms with E-state index in [4.69, 9.17) is 0 Å². The van der Waals surface area contributed by atoms with Crippen LogP contribution in [0.4, 0.5) is 0 Å². The molecule has 14 aromatic carbocycles. The van der Waals surface area contributed by atoms with Crippen LogP contribution in [0.15, 0.2) is 243 Å². The number of hydrogen-bond donors (Lipinski definition) is 0. The summed E-state index contributed by atoms with van der Waals surface area (Å²) in [7, 11) is 0. The van der Waals surface area contributed by atoms with Gasteiger partial charge in [-0.25, -0.2) is 0 Å². The average Bonchev–Trinajstić information content (AvgIpc) is 3.90. The van der Waals surface area contributed by atoms with E-state index in [-0.39, 0.29) is 0 Å². The van der Waals surface area contributed by atoms with Crippen LogP contribution in [0.2, 0.25) is 0 Å². The van der Waals surface area contributed by atoms with Crippen molar-refractivity contribution in [3.05, 3.63) is 243 Å². The zero-order valence-corrected chi connectivity index (χ0v) is 36.1. The second-order valence-corrected chi connectivity index (χ2v) is 17.7. The van der Waals surface area contributed by atoms with Gasteiger partial charge in [0.1, 0.15) is 0 Å². The Balaban J connectivity index is 1.25. The Hall–Kier alpha value is -8.58. The summed E-state index contributed by atoms with van der Waals surface area (Å²) in [6, 6.07) is 90.4. The molecule has 0 heterocycles. The third-order valence-corrected chi connectivity index (χ3v) is 14.4. The van der Waals surface area contributed by atoms with Crippen molar-refractivity contribution < 1.29 is 0 Å².